The van der Waals surface area contributed by atoms with Gasteiger partial charge >= 0.3 is 5.69 Å². The van der Waals surface area contributed by atoms with Gasteiger partial charge in [0.2, 0.25) is 10.0 Å². The standard InChI is InChI=1S/C20H24N4O3S/c1-13-4-5-14(2)18(10-13)23-6-8-24(9-7-23)28(26,27)19-12-17-16(11-15(19)3)21-20(25)22-17/h4-5,10-12H,6-9H2,1-3H3,(H2,21,22,25). The lowest BCUT2D eigenvalue weighted by Crippen LogP contribution is -2.49. The van der Waals surface area contributed by atoms with Gasteiger partial charge in [-0.05, 0) is 55.7 Å². The Hall–Kier alpha value is -2.58. The van der Waals surface area contributed by atoms with Crippen molar-refractivity contribution in [1.29, 1.82) is 0 Å². The smallest absolute Gasteiger partial charge is 0.323 e. The number of piperazine rings is 1. The molecule has 1 aliphatic heterocycles. The maximum atomic E-state index is 13.2. The Morgan fingerprint density at radius 3 is 2.18 bits per heavy atom. The minimum Gasteiger partial charge on any atom is -0.369 e. The molecular formula is C20H24N4O3S. The summed E-state index contributed by atoms with van der Waals surface area (Å²) in [6.45, 7) is 8.04. The van der Waals surface area contributed by atoms with Gasteiger partial charge in [-0.15, -0.1) is 0 Å². The predicted molar refractivity (Wildman–Crippen MR) is 111 cm³/mol. The van der Waals surface area contributed by atoms with Crippen LogP contribution in [0.4, 0.5) is 5.69 Å². The number of hydrogen-bond acceptors (Lipinski definition) is 4. The van der Waals surface area contributed by atoms with Crippen LogP contribution in [0.2, 0.25) is 0 Å². The van der Waals surface area contributed by atoms with Gasteiger partial charge in [0.25, 0.3) is 0 Å². The van der Waals surface area contributed by atoms with Gasteiger partial charge in [0.15, 0.2) is 0 Å². The Morgan fingerprint density at radius 1 is 0.857 bits per heavy atom. The monoisotopic (exact) mass is 400 g/mol. The van der Waals surface area contributed by atoms with Crippen LogP contribution < -0.4 is 10.6 Å². The van der Waals surface area contributed by atoms with E-state index < -0.39 is 10.0 Å². The summed E-state index contributed by atoms with van der Waals surface area (Å²) in [5.41, 5.74) is 4.95. The van der Waals surface area contributed by atoms with E-state index in [4.69, 9.17) is 0 Å². The second-order valence-corrected chi connectivity index (χ2v) is 9.33. The van der Waals surface area contributed by atoms with E-state index in [0.717, 1.165) is 0 Å². The number of nitrogens with one attached hydrogen (secondary N) is 2. The summed E-state index contributed by atoms with van der Waals surface area (Å²) < 4.78 is 28.0. The van der Waals surface area contributed by atoms with Gasteiger partial charge in [0.1, 0.15) is 0 Å². The van der Waals surface area contributed by atoms with Gasteiger partial charge in [-0.3, -0.25) is 0 Å². The summed E-state index contributed by atoms with van der Waals surface area (Å²) in [6.07, 6.45) is 0. The molecule has 1 aromatic heterocycles. The average molecular weight is 401 g/mol. The van der Waals surface area contributed by atoms with E-state index >= 15 is 0 Å². The first-order valence-electron chi connectivity index (χ1n) is 9.31. The molecule has 0 atom stereocenters. The summed E-state index contributed by atoms with van der Waals surface area (Å²) in [6, 6.07) is 9.59. The van der Waals surface area contributed by atoms with E-state index in [2.05, 4.69) is 46.9 Å². The van der Waals surface area contributed by atoms with Crippen molar-refractivity contribution in [2.45, 2.75) is 25.7 Å². The highest BCUT2D eigenvalue weighted by Crippen LogP contribution is 2.27. The van der Waals surface area contributed by atoms with E-state index in [0.29, 0.717) is 42.8 Å². The van der Waals surface area contributed by atoms with Gasteiger partial charge in [-0.25, -0.2) is 13.2 Å². The lowest BCUT2D eigenvalue weighted by Gasteiger charge is -2.36. The SMILES string of the molecule is Cc1ccc(C)c(N2CCN(S(=O)(=O)c3cc4[nH]c(=O)[nH]c4cc3C)CC2)c1. The molecule has 148 valence electrons. The second kappa shape index (κ2) is 6.79. The third-order valence-electron chi connectivity index (χ3n) is 5.37. The van der Waals surface area contributed by atoms with Crippen molar-refractivity contribution in [3.63, 3.8) is 0 Å². The minimum absolute atomic E-state index is 0.246. The second-order valence-electron chi connectivity index (χ2n) is 7.42. The number of aromatic nitrogens is 2. The number of aromatic amines is 2. The zero-order valence-corrected chi connectivity index (χ0v) is 17.1. The number of benzene rings is 2. The van der Waals surface area contributed by atoms with Gasteiger partial charge in [-0.2, -0.15) is 4.31 Å². The number of fused-ring (bicyclic) bond motifs is 1. The number of nitrogens with zero attached hydrogens (tertiary/aromatic N) is 2. The maximum Gasteiger partial charge on any atom is 0.323 e. The summed E-state index contributed by atoms with van der Waals surface area (Å²) in [4.78, 5) is 19.3. The predicted octanol–water partition coefficient (Wildman–Crippen LogP) is 2.29. The summed E-state index contributed by atoms with van der Waals surface area (Å²) in [5, 5.41) is 0. The number of H-pyrrole nitrogens is 2. The van der Waals surface area contributed by atoms with Gasteiger partial charge in [0, 0.05) is 31.9 Å². The average Bonchev–Trinajstić information content (AvgIpc) is 3.02. The van der Waals surface area contributed by atoms with Crippen LogP contribution in [0.25, 0.3) is 11.0 Å². The Morgan fingerprint density at radius 2 is 1.50 bits per heavy atom. The summed E-state index contributed by atoms with van der Waals surface area (Å²) in [7, 11) is -3.63. The van der Waals surface area contributed by atoms with Crippen molar-refractivity contribution in [1.82, 2.24) is 14.3 Å². The zero-order chi connectivity index (χ0) is 20.1. The number of hydrogen-bond donors (Lipinski definition) is 2. The fraction of sp³-hybridized carbons (Fsp3) is 0.350. The summed E-state index contributed by atoms with van der Waals surface area (Å²) in [5.74, 6) is 0. The third kappa shape index (κ3) is 3.22. The van der Waals surface area contributed by atoms with Crippen LogP contribution in [0, 0.1) is 20.8 Å². The van der Waals surface area contributed by atoms with Crippen LogP contribution in [0.5, 0.6) is 0 Å². The molecule has 1 aliphatic rings. The van der Waals surface area contributed by atoms with Gasteiger partial charge in [0.05, 0.1) is 15.9 Å². The molecule has 1 saturated heterocycles. The van der Waals surface area contributed by atoms with Crippen LogP contribution in [0.1, 0.15) is 16.7 Å². The molecule has 28 heavy (non-hydrogen) atoms. The van der Waals surface area contributed by atoms with Crippen LogP contribution in [-0.4, -0.2) is 48.9 Å². The molecule has 0 unspecified atom stereocenters. The Kier molecular flexibility index (Phi) is 4.55. The van der Waals surface area contributed by atoms with E-state index in [1.54, 1.807) is 19.1 Å². The van der Waals surface area contributed by atoms with Crippen LogP contribution in [0.3, 0.4) is 0 Å². The fourth-order valence-electron chi connectivity index (χ4n) is 3.82. The molecule has 0 bridgehead atoms. The highest BCUT2D eigenvalue weighted by molar-refractivity contribution is 7.89. The maximum absolute atomic E-state index is 13.2. The molecule has 2 N–H and O–H groups in total. The lowest BCUT2D eigenvalue weighted by molar-refractivity contribution is 0.384. The lowest BCUT2D eigenvalue weighted by atomic mass is 10.1. The molecule has 2 aromatic carbocycles. The van der Waals surface area contributed by atoms with Crippen molar-refractivity contribution in [3.8, 4) is 0 Å². The first-order chi connectivity index (χ1) is 13.3. The van der Waals surface area contributed by atoms with Crippen LogP contribution in [-0.2, 0) is 10.0 Å². The molecule has 1 fully saturated rings. The largest absolute Gasteiger partial charge is 0.369 e. The fourth-order valence-corrected chi connectivity index (χ4v) is 5.47. The van der Waals surface area contributed by atoms with E-state index in [1.165, 1.54) is 21.1 Å². The van der Waals surface area contributed by atoms with Crippen molar-refractivity contribution >= 4 is 26.7 Å². The molecule has 0 aliphatic carbocycles. The van der Waals surface area contributed by atoms with Crippen LogP contribution in [0.15, 0.2) is 40.0 Å². The van der Waals surface area contributed by atoms with E-state index in [-0.39, 0.29) is 10.6 Å². The Balaban J connectivity index is 1.59. The van der Waals surface area contributed by atoms with Gasteiger partial charge < -0.3 is 14.9 Å². The number of sulfonamides is 1. The Labute approximate surface area is 164 Å². The van der Waals surface area contributed by atoms with Crippen LogP contribution >= 0.6 is 0 Å². The molecular weight excluding hydrogens is 376 g/mol. The minimum atomic E-state index is -3.63. The normalized spacial score (nSPS) is 16.0. The molecule has 0 radical (unpaired) electrons. The molecule has 7 nitrogen and oxygen atoms in total. The van der Waals surface area contributed by atoms with Crippen molar-refractivity contribution in [2.75, 3.05) is 31.1 Å². The first kappa shape index (κ1) is 18.8. The molecule has 4 rings (SSSR count). The van der Waals surface area contributed by atoms with E-state index in [9.17, 15) is 13.2 Å². The Bertz CT molecular complexity index is 1200. The number of anilines is 1. The van der Waals surface area contributed by atoms with Crippen molar-refractivity contribution in [2.24, 2.45) is 0 Å². The van der Waals surface area contributed by atoms with Crippen molar-refractivity contribution < 1.29 is 8.42 Å². The third-order valence-corrected chi connectivity index (χ3v) is 7.41. The first-order valence-corrected chi connectivity index (χ1v) is 10.7. The topological polar surface area (TPSA) is 89.3 Å². The quantitative estimate of drug-likeness (QED) is 0.706. The van der Waals surface area contributed by atoms with Crippen molar-refractivity contribution in [3.05, 3.63) is 57.5 Å². The molecule has 0 spiro atoms. The van der Waals surface area contributed by atoms with E-state index in [1.807, 2.05) is 0 Å². The van der Waals surface area contributed by atoms with Gasteiger partial charge in [-0.1, -0.05) is 12.1 Å². The number of aryl methyl sites for hydroxylation is 3. The molecule has 3 aromatic rings. The highest BCUT2D eigenvalue weighted by atomic mass is 32.2. The summed E-state index contributed by atoms with van der Waals surface area (Å²) >= 11 is 0. The highest BCUT2D eigenvalue weighted by Gasteiger charge is 2.30. The molecule has 0 saturated carbocycles. The molecule has 2 heterocycles. The molecule has 0 amide bonds. The number of imidazole rings is 1. The molecule has 8 heteroatoms. The number of rotatable bonds is 3. The zero-order valence-electron chi connectivity index (χ0n) is 16.2.